The molecule has 1 aromatic rings. The molecule has 1 aromatic carbocycles. The minimum atomic E-state index is -4.21. The van der Waals surface area contributed by atoms with Crippen LogP contribution in [0.15, 0.2) is 24.3 Å². The molecule has 0 saturated heterocycles. The molecule has 0 aliphatic carbocycles. The van der Waals surface area contributed by atoms with Gasteiger partial charge in [0.2, 0.25) is 0 Å². The van der Waals surface area contributed by atoms with Crippen LogP contribution in [-0.2, 0) is 11.2 Å². The van der Waals surface area contributed by atoms with Crippen molar-refractivity contribution in [2.75, 3.05) is 7.11 Å². The van der Waals surface area contributed by atoms with E-state index >= 15 is 0 Å². The van der Waals surface area contributed by atoms with E-state index < -0.39 is 18.7 Å². The topological polar surface area (TPSA) is 9.23 Å². The zero-order chi connectivity index (χ0) is 13.6. The molecular formula is C14H19F3O. The van der Waals surface area contributed by atoms with E-state index in [4.69, 9.17) is 4.74 Å². The lowest BCUT2D eigenvalue weighted by Gasteiger charge is -2.20. The average Bonchev–Trinajstić information content (AvgIpc) is 2.33. The summed E-state index contributed by atoms with van der Waals surface area (Å²) in [5, 5.41) is 0. The second-order valence-electron chi connectivity index (χ2n) is 4.35. The first kappa shape index (κ1) is 15.0. The molecule has 1 nitrogen and oxygen atoms in total. The number of aryl methyl sites for hydroxylation is 1. The third-order valence-electron chi connectivity index (χ3n) is 2.90. The maximum absolute atomic E-state index is 12.5. The number of alkyl halides is 3. The Morgan fingerprint density at radius 3 is 2.44 bits per heavy atom. The third kappa shape index (κ3) is 4.69. The van der Waals surface area contributed by atoms with Gasteiger partial charge >= 0.3 is 6.18 Å². The Kier molecular flexibility index (Phi) is 5.66. The van der Waals surface area contributed by atoms with E-state index in [1.807, 2.05) is 12.1 Å². The first-order valence-corrected chi connectivity index (χ1v) is 6.15. The highest BCUT2D eigenvalue weighted by molar-refractivity contribution is 5.29. The molecule has 102 valence electrons. The minimum Gasteiger partial charge on any atom is -0.376 e. The van der Waals surface area contributed by atoms with Crippen LogP contribution in [0.3, 0.4) is 0 Å². The number of methoxy groups -OCH3 is 1. The van der Waals surface area contributed by atoms with Crippen molar-refractivity contribution >= 4 is 0 Å². The largest absolute Gasteiger partial charge is 0.391 e. The summed E-state index contributed by atoms with van der Waals surface area (Å²) in [7, 11) is 1.33. The van der Waals surface area contributed by atoms with Gasteiger partial charge in [0.1, 0.15) is 0 Å². The zero-order valence-electron chi connectivity index (χ0n) is 10.8. The van der Waals surface area contributed by atoms with E-state index in [1.165, 1.54) is 7.11 Å². The lowest BCUT2D eigenvalue weighted by Crippen LogP contribution is -2.16. The van der Waals surface area contributed by atoms with Crippen molar-refractivity contribution in [2.24, 2.45) is 0 Å². The zero-order valence-corrected chi connectivity index (χ0v) is 10.8. The molecule has 0 aliphatic heterocycles. The van der Waals surface area contributed by atoms with Crippen molar-refractivity contribution in [1.82, 2.24) is 0 Å². The number of hydrogen-bond donors (Lipinski definition) is 0. The molecule has 0 bridgehead atoms. The Hall–Kier alpha value is -1.03. The molecule has 0 saturated carbocycles. The molecule has 0 spiro atoms. The van der Waals surface area contributed by atoms with Crippen LogP contribution in [0.5, 0.6) is 0 Å². The van der Waals surface area contributed by atoms with E-state index in [0.717, 1.165) is 24.8 Å². The van der Waals surface area contributed by atoms with Crippen molar-refractivity contribution < 1.29 is 17.9 Å². The van der Waals surface area contributed by atoms with Crippen LogP contribution >= 0.6 is 0 Å². The van der Waals surface area contributed by atoms with Crippen molar-refractivity contribution in [3.63, 3.8) is 0 Å². The molecule has 0 heterocycles. The first-order chi connectivity index (χ1) is 8.48. The second kappa shape index (κ2) is 6.78. The molecule has 0 aromatic heterocycles. The average molecular weight is 260 g/mol. The van der Waals surface area contributed by atoms with Gasteiger partial charge in [0, 0.05) is 7.11 Å². The normalized spacial score (nSPS) is 13.6. The molecule has 0 radical (unpaired) electrons. The first-order valence-electron chi connectivity index (χ1n) is 6.15. The Bertz CT molecular complexity index is 360. The highest BCUT2D eigenvalue weighted by atomic mass is 19.4. The van der Waals surface area contributed by atoms with Gasteiger partial charge in [-0.25, -0.2) is 0 Å². The summed E-state index contributed by atoms with van der Waals surface area (Å²) in [5.74, 6) is 0. The predicted octanol–water partition coefficient (Wildman–Crippen LogP) is 4.67. The van der Waals surface area contributed by atoms with Gasteiger partial charge in [0.05, 0.1) is 12.5 Å². The number of rotatable bonds is 6. The molecule has 0 aliphatic rings. The van der Waals surface area contributed by atoms with Crippen LogP contribution in [0.2, 0.25) is 0 Å². The molecule has 4 heteroatoms. The van der Waals surface area contributed by atoms with Crippen LogP contribution in [0.25, 0.3) is 0 Å². The fraction of sp³-hybridized carbons (Fsp3) is 0.571. The number of unbranched alkanes of at least 4 members (excludes halogenated alkanes) is 1. The Morgan fingerprint density at radius 2 is 1.89 bits per heavy atom. The molecule has 0 amide bonds. The third-order valence-corrected chi connectivity index (χ3v) is 2.90. The fourth-order valence-corrected chi connectivity index (χ4v) is 1.97. The maximum Gasteiger partial charge on any atom is 0.391 e. The van der Waals surface area contributed by atoms with Gasteiger partial charge in [-0.15, -0.1) is 0 Å². The molecule has 0 fully saturated rings. The summed E-state index contributed by atoms with van der Waals surface area (Å²) >= 11 is 0. The van der Waals surface area contributed by atoms with E-state index in [1.54, 1.807) is 12.1 Å². The SMILES string of the molecule is CCCCc1ccccc1C(CC(F)(F)F)OC. The summed E-state index contributed by atoms with van der Waals surface area (Å²) in [5.41, 5.74) is 1.61. The second-order valence-corrected chi connectivity index (χ2v) is 4.35. The molecule has 1 unspecified atom stereocenters. The monoisotopic (exact) mass is 260 g/mol. The summed E-state index contributed by atoms with van der Waals surface area (Å²) < 4.78 is 42.5. The predicted molar refractivity (Wildman–Crippen MR) is 65.5 cm³/mol. The summed E-state index contributed by atoms with van der Waals surface area (Å²) in [6.07, 6.45) is -3.27. The Labute approximate surface area is 106 Å². The highest BCUT2D eigenvalue weighted by Crippen LogP contribution is 2.33. The van der Waals surface area contributed by atoms with E-state index in [0.29, 0.717) is 5.56 Å². The van der Waals surface area contributed by atoms with Crippen molar-refractivity contribution in [2.45, 2.75) is 44.9 Å². The van der Waals surface area contributed by atoms with E-state index in [2.05, 4.69) is 6.92 Å². The van der Waals surface area contributed by atoms with Gasteiger partial charge in [-0.1, -0.05) is 37.6 Å². The van der Waals surface area contributed by atoms with Gasteiger partial charge in [-0.05, 0) is 24.0 Å². The van der Waals surface area contributed by atoms with E-state index in [9.17, 15) is 13.2 Å². The van der Waals surface area contributed by atoms with Gasteiger partial charge in [0.15, 0.2) is 0 Å². The van der Waals surface area contributed by atoms with Crippen LogP contribution in [0.4, 0.5) is 13.2 Å². The molecular weight excluding hydrogens is 241 g/mol. The van der Waals surface area contributed by atoms with Crippen molar-refractivity contribution in [3.05, 3.63) is 35.4 Å². The van der Waals surface area contributed by atoms with Gasteiger partial charge < -0.3 is 4.74 Å². The molecule has 1 atom stereocenters. The fourth-order valence-electron chi connectivity index (χ4n) is 1.97. The quantitative estimate of drug-likeness (QED) is 0.722. The lowest BCUT2D eigenvalue weighted by atomic mass is 9.96. The van der Waals surface area contributed by atoms with Crippen molar-refractivity contribution in [3.8, 4) is 0 Å². The maximum atomic E-state index is 12.5. The number of hydrogen-bond acceptors (Lipinski definition) is 1. The molecule has 18 heavy (non-hydrogen) atoms. The minimum absolute atomic E-state index is 0.658. The van der Waals surface area contributed by atoms with Crippen LogP contribution in [0, 0.1) is 0 Å². The Balaban J connectivity index is 2.90. The summed E-state index contributed by atoms with van der Waals surface area (Å²) in [6.45, 7) is 2.06. The van der Waals surface area contributed by atoms with Crippen LogP contribution in [0.1, 0.15) is 43.4 Å². The lowest BCUT2D eigenvalue weighted by molar-refractivity contribution is -0.158. The van der Waals surface area contributed by atoms with Gasteiger partial charge in [-0.2, -0.15) is 13.2 Å². The highest BCUT2D eigenvalue weighted by Gasteiger charge is 2.33. The van der Waals surface area contributed by atoms with Gasteiger partial charge in [0.25, 0.3) is 0 Å². The standard InChI is InChI=1S/C14H19F3O/c1-3-4-7-11-8-5-6-9-12(11)13(18-2)10-14(15,16)17/h5-6,8-9,13H,3-4,7,10H2,1-2H3. The molecule has 0 N–H and O–H groups in total. The molecule has 1 rings (SSSR count). The summed E-state index contributed by atoms with van der Waals surface area (Å²) in [6, 6.07) is 7.22. The number of ether oxygens (including phenoxy) is 1. The van der Waals surface area contributed by atoms with Gasteiger partial charge in [-0.3, -0.25) is 0 Å². The van der Waals surface area contributed by atoms with Crippen LogP contribution in [-0.4, -0.2) is 13.3 Å². The van der Waals surface area contributed by atoms with Crippen LogP contribution < -0.4 is 0 Å². The number of benzene rings is 1. The summed E-state index contributed by atoms with van der Waals surface area (Å²) in [4.78, 5) is 0. The number of halogens is 3. The Morgan fingerprint density at radius 1 is 1.22 bits per heavy atom. The van der Waals surface area contributed by atoms with E-state index in [-0.39, 0.29) is 0 Å². The van der Waals surface area contributed by atoms with Crippen molar-refractivity contribution in [1.29, 1.82) is 0 Å². The smallest absolute Gasteiger partial charge is 0.376 e.